The van der Waals surface area contributed by atoms with E-state index in [0.717, 1.165) is 30.7 Å². The number of carbonyl (C=O) groups is 2. The molecule has 1 aromatic heterocycles. The quantitative estimate of drug-likeness (QED) is 0.284. The predicted octanol–water partition coefficient (Wildman–Crippen LogP) is 5.99. The van der Waals surface area contributed by atoms with Gasteiger partial charge in [0.2, 0.25) is 5.91 Å². The highest BCUT2D eigenvalue weighted by molar-refractivity contribution is 7.99. The van der Waals surface area contributed by atoms with Gasteiger partial charge in [-0.25, -0.2) is 0 Å². The third-order valence-corrected chi connectivity index (χ3v) is 9.29. The van der Waals surface area contributed by atoms with Gasteiger partial charge in [-0.1, -0.05) is 41.0 Å². The number of rotatable bonds is 6. The molecular formula is C27H22Cl3F2N3O5S. The number of benzene rings is 2. The number of aliphatic hydroxyl groups is 1. The molecule has 0 spiro atoms. The van der Waals surface area contributed by atoms with Crippen molar-refractivity contribution in [2.75, 3.05) is 11.4 Å². The number of carbonyl (C=O) groups excluding carboxylic acids is 2. The van der Waals surface area contributed by atoms with E-state index in [9.17, 15) is 33.4 Å². The standard InChI is InChI=1S/C27H22Cl3F2N3O5S/c28-16-5-4-13(12-36)23(29)24(16)41-19-9-20(27(30,31)32)33-25(39)22(19)26(40)34-10-14-7-17(18(37)8-15(14)11-34)35-6-2-1-3-21(35)38/h4-5,7-9,36-37H,1-3,6,10-12H2,(H,33,39). The molecule has 216 valence electrons. The van der Waals surface area contributed by atoms with Crippen LogP contribution in [0.3, 0.4) is 0 Å². The average Bonchev–Trinajstić information content (AvgIpc) is 3.33. The lowest BCUT2D eigenvalue weighted by Gasteiger charge is -2.27. The molecule has 0 aliphatic carbocycles. The number of aromatic hydroxyl groups is 1. The number of aromatic nitrogens is 1. The molecule has 0 unspecified atom stereocenters. The van der Waals surface area contributed by atoms with Crippen LogP contribution < -0.4 is 10.5 Å². The number of aliphatic hydroxyl groups excluding tert-OH is 1. The van der Waals surface area contributed by atoms with Crippen molar-refractivity contribution in [1.29, 1.82) is 0 Å². The van der Waals surface area contributed by atoms with E-state index in [0.29, 0.717) is 35.3 Å². The van der Waals surface area contributed by atoms with E-state index >= 15 is 0 Å². The fourth-order valence-corrected chi connectivity index (χ4v) is 6.70. The Bertz CT molecular complexity index is 1630. The number of hydrogen-bond acceptors (Lipinski definition) is 6. The summed E-state index contributed by atoms with van der Waals surface area (Å²) in [6.45, 7) is 0.0972. The normalized spacial score (nSPS) is 15.4. The van der Waals surface area contributed by atoms with Crippen molar-refractivity contribution in [2.24, 2.45) is 0 Å². The maximum absolute atomic E-state index is 14.1. The van der Waals surface area contributed by atoms with Gasteiger partial charge in [-0.2, -0.15) is 8.78 Å². The van der Waals surface area contributed by atoms with Crippen LogP contribution in [-0.4, -0.2) is 38.5 Å². The zero-order valence-electron chi connectivity index (χ0n) is 21.1. The highest BCUT2D eigenvalue weighted by Crippen LogP contribution is 2.43. The number of nitrogens with zero attached hydrogens (tertiary/aromatic N) is 2. The number of amides is 2. The second kappa shape index (κ2) is 11.4. The van der Waals surface area contributed by atoms with Gasteiger partial charge in [-0.15, -0.1) is 0 Å². The molecule has 8 nitrogen and oxygen atoms in total. The van der Waals surface area contributed by atoms with E-state index < -0.39 is 34.7 Å². The number of halogens is 5. The highest BCUT2D eigenvalue weighted by atomic mass is 35.5. The van der Waals surface area contributed by atoms with Crippen molar-refractivity contribution in [3.63, 3.8) is 0 Å². The lowest BCUT2D eigenvalue weighted by molar-refractivity contribution is -0.119. The van der Waals surface area contributed by atoms with Crippen molar-refractivity contribution in [3.05, 3.63) is 78.7 Å². The lowest BCUT2D eigenvalue weighted by atomic mass is 10.1. The number of alkyl halides is 3. The van der Waals surface area contributed by atoms with E-state index in [1.807, 2.05) is 4.98 Å². The Hall–Kier alpha value is -2.83. The molecule has 5 rings (SSSR count). The Balaban J connectivity index is 1.52. The van der Waals surface area contributed by atoms with Gasteiger partial charge in [-0.3, -0.25) is 14.4 Å². The number of piperidine rings is 1. The fourth-order valence-electron chi connectivity index (χ4n) is 4.87. The second-order valence-corrected chi connectivity index (χ2v) is 11.9. The Labute approximate surface area is 251 Å². The molecule has 0 atom stereocenters. The summed E-state index contributed by atoms with van der Waals surface area (Å²) in [6.07, 6.45) is 1.94. The Kier molecular flexibility index (Phi) is 8.28. The van der Waals surface area contributed by atoms with Crippen molar-refractivity contribution in [1.82, 2.24) is 9.88 Å². The van der Waals surface area contributed by atoms with Crippen LogP contribution in [0.5, 0.6) is 5.75 Å². The number of hydrogen-bond donors (Lipinski definition) is 3. The Morgan fingerprint density at radius 1 is 1.10 bits per heavy atom. The van der Waals surface area contributed by atoms with Crippen LogP contribution in [-0.2, 0) is 29.9 Å². The molecule has 3 aromatic rings. The topological polar surface area (TPSA) is 114 Å². The fraction of sp³-hybridized carbons (Fsp3) is 0.296. The van der Waals surface area contributed by atoms with Crippen LogP contribution in [0, 0.1) is 0 Å². The number of fused-ring (bicyclic) bond motifs is 1. The van der Waals surface area contributed by atoms with E-state index in [1.54, 1.807) is 6.07 Å². The number of H-pyrrole nitrogens is 1. The highest BCUT2D eigenvalue weighted by Gasteiger charge is 2.35. The smallest absolute Gasteiger partial charge is 0.362 e. The van der Waals surface area contributed by atoms with E-state index in [1.165, 1.54) is 28.0 Å². The van der Waals surface area contributed by atoms with Crippen molar-refractivity contribution in [3.8, 4) is 5.75 Å². The summed E-state index contributed by atoms with van der Waals surface area (Å²) in [7, 11) is 0. The first-order chi connectivity index (χ1) is 19.4. The van der Waals surface area contributed by atoms with Crippen LogP contribution in [0.4, 0.5) is 14.5 Å². The zero-order chi connectivity index (χ0) is 29.6. The number of pyridine rings is 1. The van der Waals surface area contributed by atoms with Gasteiger partial charge in [0.05, 0.1) is 22.3 Å². The lowest BCUT2D eigenvalue weighted by Crippen LogP contribution is -2.35. The number of anilines is 1. The molecule has 2 aliphatic rings. The molecule has 2 aliphatic heterocycles. The first kappa shape index (κ1) is 29.7. The van der Waals surface area contributed by atoms with Crippen LogP contribution in [0.2, 0.25) is 10.0 Å². The number of phenolic OH excluding ortho intramolecular Hbond substituents is 1. The van der Waals surface area contributed by atoms with Crippen molar-refractivity contribution >= 4 is 64.1 Å². The molecule has 41 heavy (non-hydrogen) atoms. The minimum atomic E-state index is -3.94. The van der Waals surface area contributed by atoms with Crippen LogP contribution >= 0.6 is 46.6 Å². The molecule has 1 fully saturated rings. The monoisotopic (exact) mass is 643 g/mol. The summed E-state index contributed by atoms with van der Waals surface area (Å²) >= 11 is 18.6. The molecule has 0 bridgehead atoms. The summed E-state index contributed by atoms with van der Waals surface area (Å²) in [6, 6.07) is 6.95. The van der Waals surface area contributed by atoms with Crippen molar-refractivity contribution in [2.45, 2.75) is 54.1 Å². The predicted molar refractivity (Wildman–Crippen MR) is 151 cm³/mol. The number of nitrogens with one attached hydrogen (secondary N) is 1. The minimum Gasteiger partial charge on any atom is -0.506 e. The average molecular weight is 645 g/mol. The zero-order valence-corrected chi connectivity index (χ0v) is 24.2. The van der Waals surface area contributed by atoms with Gasteiger partial charge in [0, 0.05) is 35.8 Å². The molecule has 3 heterocycles. The summed E-state index contributed by atoms with van der Waals surface area (Å²) in [5.41, 5.74) is -0.542. The van der Waals surface area contributed by atoms with Gasteiger partial charge in [0.1, 0.15) is 17.0 Å². The largest absolute Gasteiger partial charge is 0.506 e. The second-order valence-electron chi connectivity index (χ2n) is 9.63. The van der Waals surface area contributed by atoms with Gasteiger partial charge in [0.25, 0.3) is 11.5 Å². The molecule has 0 radical (unpaired) electrons. The summed E-state index contributed by atoms with van der Waals surface area (Å²) < 4.78 is 28.1. The van der Waals surface area contributed by atoms with Gasteiger partial charge in [0.15, 0.2) is 0 Å². The van der Waals surface area contributed by atoms with Gasteiger partial charge >= 0.3 is 5.38 Å². The summed E-state index contributed by atoms with van der Waals surface area (Å²) in [4.78, 5) is 44.1. The third-order valence-electron chi connectivity index (χ3n) is 6.95. The van der Waals surface area contributed by atoms with Crippen LogP contribution in [0.25, 0.3) is 0 Å². The Morgan fingerprint density at radius 2 is 1.80 bits per heavy atom. The van der Waals surface area contributed by atoms with Crippen molar-refractivity contribution < 1.29 is 28.6 Å². The van der Waals surface area contributed by atoms with E-state index in [4.69, 9.17) is 34.8 Å². The first-order valence-electron chi connectivity index (χ1n) is 12.4. The van der Waals surface area contributed by atoms with Crippen LogP contribution in [0.15, 0.2) is 44.9 Å². The van der Waals surface area contributed by atoms with E-state index in [-0.39, 0.29) is 44.6 Å². The molecule has 2 amide bonds. The van der Waals surface area contributed by atoms with E-state index in [2.05, 4.69) is 0 Å². The van der Waals surface area contributed by atoms with Gasteiger partial charge < -0.3 is 25.0 Å². The van der Waals surface area contributed by atoms with Crippen LogP contribution in [0.1, 0.15) is 52.0 Å². The summed E-state index contributed by atoms with van der Waals surface area (Å²) in [5.74, 6) is -0.983. The molecule has 1 saturated heterocycles. The maximum Gasteiger partial charge on any atom is 0.362 e. The Morgan fingerprint density at radius 3 is 2.46 bits per heavy atom. The van der Waals surface area contributed by atoms with Gasteiger partial charge in [-0.05, 0) is 65.4 Å². The molecule has 0 saturated carbocycles. The SMILES string of the molecule is O=C(c1c(Sc2c(Cl)ccc(CO)c2Cl)cc(C(F)(F)Cl)[nH]c1=O)N1Cc2cc(O)c(N3CCCCC3=O)cc2C1. The summed E-state index contributed by atoms with van der Waals surface area (Å²) in [5, 5.41) is 16.5. The minimum absolute atomic E-state index is 0.0222. The first-order valence-corrected chi connectivity index (χ1v) is 14.4. The molecular weight excluding hydrogens is 623 g/mol. The molecule has 14 heteroatoms. The molecule has 3 N–H and O–H groups in total. The molecule has 2 aromatic carbocycles. The number of aromatic amines is 1. The maximum atomic E-state index is 14.1. The third kappa shape index (κ3) is 5.78. The number of phenols is 1.